The molecule has 0 amide bonds. The summed E-state index contributed by atoms with van der Waals surface area (Å²) in [4.78, 5) is 10.9. The van der Waals surface area contributed by atoms with Gasteiger partial charge in [-0.1, -0.05) is 0 Å². The molecule has 1 aromatic carbocycles. The Hall–Kier alpha value is -2.87. The third-order valence-corrected chi connectivity index (χ3v) is 4.93. The van der Waals surface area contributed by atoms with E-state index in [9.17, 15) is 8.78 Å². The number of rotatable bonds is 4. The topological polar surface area (TPSA) is 69.7 Å². The zero-order chi connectivity index (χ0) is 20.6. The summed E-state index contributed by atoms with van der Waals surface area (Å²) in [5.41, 5.74) is 1.08. The summed E-state index contributed by atoms with van der Waals surface area (Å²) in [5, 5.41) is 9.97. The number of anilines is 1. The van der Waals surface area contributed by atoms with Gasteiger partial charge in [-0.05, 0) is 39.3 Å². The molecule has 2 aromatic heterocycles. The molecule has 0 bridgehead atoms. The molecule has 3 aromatic rings. The van der Waals surface area contributed by atoms with Crippen LogP contribution in [-0.2, 0) is 0 Å². The number of aromatic nitrogens is 4. The maximum absolute atomic E-state index is 14.6. The number of nitrogens with zero attached hydrogens (tertiary/aromatic N) is 4. The van der Waals surface area contributed by atoms with Gasteiger partial charge in [0.05, 0.1) is 24.3 Å². The van der Waals surface area contributed by atoms with Crippen molar-refractivity contribution in [2.45, 2.75) is 38.8 Å². The van der Waals surface area contributed by atoms with E-state index in [1.54, 1.807) is 6.20 Å². The first-order chi connectivity index (χ1) is 13.8. The lowest BCUT2D eigenvalue weighted by Crippen LogP contribution is -2.44. The number of halogens is 2. The molecule has 152 valence electrons. The van der Waals surface area contributed by atoms with Gasteiger partial charge < -0.3 is 10.2 Å². The minimum Gasteiger partial charge on any atom is -0.354 e. The van der Waals surface area contributed by atoms with Gasteiger partial charge in [-0.3, -0.25) is 10.1 Å². The van der Waals surface area contributed by atoms with Gasteiger partial charge in [0.1, 0.15) is 17.5 Å². The molecular weight excluding hydrogens is 374 g/mol. The number of hydrogen-bond donors (Lipinski definition) is 2. The molecule has 1 fully saturated rings. The zero-order valence-electron chi connectivity index (χ0n) is 16.7. The van der Waals surface area contributed by atoms with Crippen LogP contribution in [0.1, 0.15) is 27.2 Å². The van der Waals surface area contributed by atoms with E-state index in [2.05, 4.69) is 51.2 Å². The Morgan fingerprint density at radius 2 is 1.83 bits per heavy atom. The predicted octanol–water partition coefficient (Wildman–Crippen LogP) is 3.78. The van der Waals surface area contributed by atoms with Crippen molar-refractivity contribution in [1.29, 1.82) is 0 Å². The number of hydrogen-bond acceptors (Lipinski definition) is 5. The van der Waals surface area contributed by atoms with Crippen LogP contribution in [0.25, 0.3) is 22.4 Å². The largest absolute Gasteiger partial charge is 0.354 e. The van der Waals surface area contributed by atoms with Crippen molar-refractivity contribution in [2.75, 3.05) is 18.0 Å². The molecule has 1 atom stereocenters. The van der Waals surface area contributed by atoms with E-state index in [1.165, 1.54) is 18.6 Å². The number of H-pyrrole nitrogens is 1. The molecule has 6 nitrogen and oxygen atoms in total. The molecule has 8 heteroatoms. The predicted molar refractivity (Wildman–Crippen MR) is 108 cm³/mol. The molecule has 4 rings (SSSR count). The van der Waals surface area contributed by atoms with Gasteiger partial charge >= 0.3 is 0 Å². The Bertz CT molecular complexity index is 980. The third kappa shape index (κ3) is 4.27. The Kier molecular flexibility index (Phi) is 5.04. The summed E-state index contributed by atoms with van der Waals surface area (Å²) >= 11 is 0. The summed E-state index contributed by atoms with van der Waals surface area (Å²) in [6, 6.07) is 2.70. The van der Waals surface area contributed by atoms with Gasteiger partial charge in [0.15, 0.2) is 0 Å². The maximum atomic E-state index is 14.6. The molecule has 1 aliphatic heterocycles. The molecular formula is C21H24F2N6. The first-order valence-electron chi connectivity index (χ1n) is 9.63. The molecule has 1 aliphatic rings. The molecule has 1 unspecified atom stereocenters. The van der Waals surface area contributed by atoms with Crippen molar-refractivity contribution >= 4 is 5.82 Å². The first-order valence-corrected chi connectivity index (χ1v) is 9.63. The average molecular weight is 398 g/mol. The van der Waals surface area contributed by atoms with E-state index in [4.69, 9.17) is 0 Å². The van der Waals surface area contributed by atoms with Crippen molar-refractivity contribution in [2.24, 2.45) is 0 Å². The average Bonchev–Trinajstić information content (AvgIpc) is 3.34. The van der Waals surface area contributed by atoms with Crippen LogP contribution in [0.4, 0.5) is 14.6 Å². The Morgan fingerprint density at radius 3 is 2.48 bits per heavy atom. The molecule has 3 heterocycles. The smallest absolute Gasteiger partial charge is 0.147 e. The van der Waals surface area contributed by atoms with Gasteiger partial charge in [0.25, 0.3) is 0 Å². The summed E-state index contributed by atoms with van der Waals surface area (Å²) in [5.74, 6) is -0.354. The Labute approximate surface area is 168 Å². The summed E-state index contributed by atoms with van der Waals surface area (Å²) in [6.45, 7) is 8.17. The molecule has 1 saturated heterocycles. The number of benzene rings is 1. The van der Waals surface area contributed by atoms with E-state index >= 15 is 0 Å². The molecule has 29 heavy (non-hydrogen) atoms. The van der Waals surface area contributed by atoms with Crippen LogP contribution in [-0.4, -0.2) is 44.8 Å². The first kappa shape index (κ1) is 19.4. The summed E-state index contributed by atoms with van der Waals surface area (Å²) in [6.07, 6.45) is 7.11. The van der Waals surface area contributed by atoms with E-state index in [1.807, 2.05) is 0 Å². The highest BCUT2D eigenvalue weighted by atomic mass is 19.1. The zero-order valence-corrected chi connectivity index (χ0v) is 16.7. The highest BCUT2D eigenvalue weighted by Crippen LogP contribution is 2.30. The van der Waals surface area contributed by atoms with Gasteiger partial charge in [0, 0.05) is 47.6 Å². The third-order valence-electron chi connectivity index (χ3n) is 4.93. The van der Waals surface area contributed by atoms with Crippen molar-refractivity contribution < 1.29 is 8.78 Å². The van der Waals surface area contributed by atoms with Crippen molar-refractivity contribution in [1.82, 2.24) is 25.5 Å². The van der Waals surface area contributed by atoms with Gasteiger partial charge in [-0.2, -0.15) is 5.10 Å². The lowest BCUT2D eigenvalue weighted by Gasteiger charge is -2.26. The lowest BCUT2D eigenvalue weighted by atomic mass is 10.0. The minimum atomic E-state index is -0.555. The van der Waals surface area contributed by atoms with E-state index in [0.717, 1.165) is 37.5 Å². The van der Waals surface area contributed by atoms with Gasteiger partial charge in [-0.15, -0.1) is 0 Å². The normalized spacial score (nSPS) is 17.1. The quantitative estimate of drug-likeness (QED) is 0.700. The fraction of sp³-hybridized carbons (Fsp3) is 0.381. The number of aromatic amines is 1. The highest BCUT2D eigenvalue weighted by molar-refractivity contribution is 5.69. The molecule has 0 saturated carbocycles. The van der Waals surface area contributed by atoms with E-state index < -0.39 is 11.6 Å². The summed E-state index contributed by atoms with van der Waals surface area (Å²) in [7, 11) is 0. The maximum Gasteiger partial charge on any atom is 0.147 e. The standard InChI is InChI=1S/C21H24F2N6/c1-21(2,3)28-14-4-5-29(12-14)20-11-24-19(10-25-20)16-7-17(22)15(6-18(16)23)13-8-26-27-9-13/h6-11,14,28H,4-5,12H2,1-3H3,(H,26,27). The van der Waals surface area contributed by atoms with Crippen molar-refractivity contribution in [3.05, 3.63) is 48.6 Å². The summed E-state index contributed by atoms with van der Waals surface area (Å²) < 4.78 is 29.1. The number of nitrogens with one attached hydrogen (secondary N) is 2. The van der Waals surface area contributed by atoms with Crippen LogP contribution in [0, 0.1) is 11.6 Å². The lowest BCUT2D eigenvalue weighted by molar-refractivity contribution is 0.373. The fourth-order valence-electron chi connectivity index (χ4n) is 3.68. The van der Waals surface area contributed by atoms with Crippen LogP contribution < -0.4 is 10.2 Å². The Morgan fingerprint density at radius 1 is 1.07 bits per heavy atom. The van der Waals surface area contributed by atoms with Crippen LogP contribution >= 0.6 is 0 Å². The molecule has 0 radical (unpaired) electrons. The molecule has 0 spiro atoms. The fourth-order valence-corrected chi connectivity index (χ4v) is 3.68. The second-order valence-electron chi connectivity index (χ2n) is 8.38. The minimum absolute atomic E-state index is 0.0560. The van der Waals surface area contributed by atoms with Crippen molar-refractivity contribution in [3.63, 3.8) is 0 Å². The van der Waals surface area contributed by atoms with Crippen LogP contribution in [0.3, 0.4) is 0 Å². The Balaban J connectivity index is 1.52. The van der Waals surface area contributed by atoms with E-state index in [-0.39, 0.29) is 16.7 Å². The van der Waals surface area contributed by atoms with Gasteiger partial charge in [-0.25, -0.2) is 13.8 Å². The van der Waals surface area contributed by atoms with Crippen LogP contribution in [0.15, 0.2) is 36.9 Å². The second-order valence-corrected chi connectivity index (χ2v) is 8.38. The molecule has 0 aliphatic carbocycles. The molecule has 2 N–H and O–H groups in total. The SMILES string of the molecule is CC(C)(C)NC1CCN(c2cnc(-c3cc(F)c(-c4cn[nH]c4)cc3F)cn2)C1. The van der Waals surface area contributed by atoms with E-state index in [0.29, 0.717) is 17.3 Å². The van der Waals surface area contributed by atoms with Crippen molar-refractivity contribution in [3.8, 4) is 22.4 Å². The van der Waals surface area contributed by atoms with Gasteiger partial charge in [0.2, 0.25) is 0 Å². The second kappa shape index (κ2) is 7.51. The van der Waals surface area contributed by atoms with Crippen LogP contribution in [0.2, 0.25) is 0 Å². The van der Waals surface area contributed by atoms with Crippen LogP contribution in [0.5, 0.6) is 0 Å². The highest BCUT2D eigenvalue weighted by Gasteiger charge is 2.26. The monoisotopic (exact) mass is 398 g/mol.